The van der Waals surface area contributed by atoms with Crippen molar-refractivity contribution in [2.45, 2.75) is 13.5 Å². The van der Waals surface area contributed by atoms with Gasteiger partial charge >= 0.3 is 0 Å². The molecule has 3 aromatic carbocycles. The van der Waals surface area contributed by atoms with Crippen LogP contribution in [0.25, 0.3) is 6.08 Å². The highest BCUT2D eigenvalue weighted by atomic mass is 127. The van der Waals surface area contributed by atoms with Crippen molar-refractivity contribution < 1.29 is 14.3 Å². The Bertz CT molecular complexity index is 1270. The summed E-state index contributed by atoms with van der Waals surface area (Å²) < 4.78 is 13.8. The van der Waals surface area contributed by atoms with E-state index in [2.05, 4.69) is 50.5 Å². The molecule has 0 aromatic heterocycles. The van der Waals surface area contributed by atoms with Gasteiger partial charge in [-0.05, 0) is 106 Å². The molecule has 174 valence electrons. The summed E-state index contributed by atoms with van der Waals surface area (Å²) in [6.45, 7) is 2.69. The Morgan fingerprint density at radius 1 is 1.12 bits per heavy atom. The fraction of sp³-hybridized carbons (Fsp3) is 0.120. The van der Waals surface area contributed by atoms with Crippen molar-refractivity contribution in [3.05, 3.63) is 88.5 Å². The van der Waals surface area contributed by atoms with E-state index in [1.165, 1.54) is 6.08 Å². The highest BCUT2D eigenvalue weighted by molar-refractivity contribution is 14.1. The van der Waals surface area contributed by atoms with Crippen molar-refractivity contribution in [3.63, 3.8) is 0 Å². The number of carbonyl (C=O) groups is 1. The molecule has 1 N–H and O–H groups in total. The number of nitriles is 1. The van der Waals surface area contributed by atoms with Crippen molar-refractivity contribution in [2.24, 2.45) is 0 Å². The van der Waals surface area contributed by atoms with E-state index in [1.807, 2.05) is 43.3 Å². The second-order valence-electron chi connectivity index (χ2n) is 6.90. The second kappa shape index (κ2) is 12.6. The molecule has 0 radical (unpaired) electrons. The molecule has 0 saturated carbocycles. The molecular weight excluding hydrogens is 701 g/mol. The Labute approximate surface area is 235 Å². The first-order chi connectivity index (χ1) is 16.3. The van der Waals surface area contributed by atoms with Gasteiger partial charge in [0.05, 0.1) is 25.9 Å². The summed E-state index contributed by atoms with van der Waals surface area (Å²) in [4.78, 5) is 12.7. The van der Waals surface area contributed by atoms with Crippen molar-refractivity contribution >= 4 is 86.1 Å². The molecule has 0 heterocycles. The van der Waals surface area contributed by atoms with Gasteiger partial charge in [-0.15, -0.1) is 0 Å². The van der Waals surface area contributed by atoms with Gasteiger partial charge in [0.25, 0.3) is 5.91 Å². The van der Waals surface area contributed by atoms with Crippen LogP contribution in [0.4, 0.5) is 5.69 Å². The first-order valence-corrected chi connectivity index (χ1v) is 12.9. The van der Waals surface area contributed by atoms with Gasteiger partial charge in [-0.1, -0.05) is 41.4 Å². The maximum Gasteiger partial charge on any atom is 0.266 e. The topological polar surface area (TPSA) is 71.3 Å². The molecule has 0 saturated heterocycles. The number of hydrogen-bond donors (Lipinski definition) is 1. The molecular formula is C25H18Cl2I2N2O3. The lowest BCUT2D eigenvalue weighted by Gasteiger charge is -2.15. The Kier molecular flexibility index (Phi) is 9.88. The number of rotatable bonds is 8. The van der Waals surface area contributed by atoms with E-state index < -0.39 is 5.91 Å². The van der Waals surface area contributed by atoms with Gasteiger partial charge in [0, 0.05) is 3.57 Å². The number of hydrogen-bond acceptors (Lipinski definition) is 4. The van der Waals surface area contributed by atoms with E-state index in [0.29, 0.717) is 41.0 Å². The van der Waals surface area contributed by atoms with Gasteiger partial charge in [-0.2, -0.15) is 5.26 Å². The third kappa shape index (κ3) is 7.01. The number of nitrogens with one attached hydrogen (secondary N) is 1. The predicted molar refractivity (Wildman–Crippen MR) is 153 cm³/mol. The van der Waals surface area contributed by atoms with Crippen LogP contribution >= 0.6 is 68.4 Å². The number of nitrogens with zero attached hydrogens (tertiary/aromatic N) is 1. The van der Waals surface area contributed by atoms with Crippen LogP contribution in [0.2, 0.25) is 10.0 Å². The monoisotopic (exact) mass is 718 g/mol. The number of anilines is 1. The first-order valence-electron chi connectivity index (χ1n) is 10.0. The number of benzene rings is 3. The van der Waals surface area contributed by atoms with Crippen LogP contribution in [-0.4, -0.2) is 12.5 Å². The van der Waals surface area contributed by atoms with Crippen LogP contribution < -0.4 is 14.8 Å². The lowest BCUT2D eigenvalue weighted by Crippen LogP contribution is -2.13. The molecule has 0 aliphatic heterocycles. The quantitative estimate of drug-likeness (QED) is 0.147. The molecule has 34 heavy (non-hydrogen) atoms. The van der Waals surface area contributed by atoms with Gasteiger partial charge in [0.15, 0.2) is 11.5 Å². The Balaban J connectivity index is 1.86. The molecule has 3 aromatic rings. The molecule has 0 aliphatic carbocycles. The maximum absolute atomic E-state index is 12.7. The summed E-state index contributed by atoms with van der Waals surface area (Å²) in [7, 11) is 0. The molecule has 1 amide bonds. The first kappa shape index (κ1) is 26.6. The van der Waals surface area contributed by atoms with Crippen LogP contribution in [0.3, 0.4) is 0 Å². The van der Waals surface area contributed by atoms with Crippen molar-refractivity contribution in [1.29, 1.82) is 5.26 Å². The zero-order valence-electron chi connectivity index (χ0n) is 17.9. The minimum atomic E-state index is -0.598. The van der Waals surface area contributed by atoms with Crippen LogP contribution in [0.5, 0.6) is 11.5 Å². The van der Waals surface area contributed by atoms with Gasteiger partial charge < -0.3 is 14.8 Å². The molecule has 9 heteroatoms. The zero-order valence-corrected chi connectivity index (χ0v) is 23.7. The fourth-order valence-electron chi connectivity index (χ4n) is 2.92. The average Bonchev–Trinajstić information content (AvgIpc) is 2.81. The summed E-state index contributed by atoms with van der Waals surface area (Å²) in [6, 6.07) is 18.4. The minimum Gasteiger partial charge on any atom is -0.490 e. The molecule has 5 nitrogen and oxygen atoms in total. The molecule has 0 fully saturated rings. The summed E-state index contributed by atoms with van der Waals surface area (Å²) in [5.41, 5.74) is 1.88. The van der Waals surface area contributed by atoms with Crippen molar-refractivity contribution in [1.82, 2.24) is 0 Å². The van der Waals surface area contributed by atoms with Crippen LogP contribution in [0, 0.1) is 18.5 Å². The number of halogens is 4. The molecule has 0 bridgehead atoms. The summed E-state index contributed by atoms with van der Waals surface area (Å²) in [6.07, 6.45) is 1.49. The van der Waals surface area contributed by atoms with Gasteiger partial charge in [-0.3, -0.25) is 4.79 Å². The summed E-state index contributed by atoms with van der Waals surface area (Å²) in [5.74, 6) is 0.534. The maximum atomic E-state index is 12.7. The zero-order chi connectivity index (χ0) is 24.7. The summed E-state index contributed by atoms with van der Waals surface area (Å²) in [5, 5.41) is 12.7. The standard InChI is InChI=1S/C25H18Cl2I2N2O3/c1-2-33-22-12-16(11-20(29)24(22)34-14-15-6-8-18(28)9-7-15)10-17(13-30)25(32)31-21-5-3-4-19(26)23(21)27/h3-12H,2,14H2,1H3,(H,31,32)/b17-10-. The van der Waals surface area contributed by atoms with Crippen LogP contribution in [0.1, 0.15) is 18.1 Å². The normalized spacial score (nSPS) is 11.0. The smallest absolute Gasteiger partial charge is 0.266 e. The van der Waals surface area contributed by atoms with E-state index >= 15 is 0 Å². The van der Waals surface area contributed by atoms with Crippen LogP contribution in [0.15, 0.2) is 60.2 Å². The number of amides is 1. The van der Waals surface area contributed by atoms with E-state index in [-0.39, 0.29) is 10.6 Å². The predicted octanol–water partition coefficient (Wildman–Crippen LogP) is 7.73. The molecule has 0 aliphatic rings. The Hall–Kier alpha value is -2.00. The fourth-order valence-corrected chi connectivity index (χ4v) is 4.40. The average molecular weight is 719 g/mol. The molecule has 0 atom stereocenters. The number of ether oxygens (including phenoxy) is 2. The van der Waals surface area contributed by atoms with E-state index in [0.717, 1.165) is 12.7 Å². The summed E-state index contributed by atoms with van der Waals surface area (Å²) >= 11 is 16.5. The van der Waals surface area contributed by atoms with E-state index in [9.17, 15) is 10.1 Å². The van der Waals surface area contributed by atoms with Gasteiger partial charge in [0.2, 0.25) is 0 Å². The highest BCUT2D eigenvalue weighted by Gasteiger charge is 2.16. The minimum absolute atomic E-state index is 0.0955. The Morgan fingerprint density at radius 3 is 2.53 bits per heavy atom. The van der Waals surface area contributed by atoms with Gasteiger partial charge in [0.1, 0.15) is 18.2 Å². The number of carbonyl (C=O) groups excluding carboxylic acids is 1. The molecule has 3 rings (SSSR count). The lowest BCUT2D eigenvalue weighted by molar-refractivity contribution is -0.112. The third-order valence-corrected chi connectivity index (χ3v) is 6.84. The van der Waals surface area contributed by atoms with E-state index in [1.54, 1.807) is 24.3 Å². The Morgan fingerprint density at radius 2 is 1.85 bits per heavy atom. The third-order valence-electron chi connectivity index (χ3n) is 4.50. The molecule has 0 spiro atoms. The largest absolute Gasteiger partial charge is 0.490 e. The van der Waals surface area contributed by atoms with Crippen molar-refractivity contribution in [2.75, 3.05) is 11.9 Å². The lowest BCUT2D eigenvalue weighted by atomic mass is 10.1. The highest BCUT2D eigenvalue weighted by Crippen LogP contribution is 2.36. The van der Waals surface area contributed by atoms with Gasteiger partial charge in [-0.25, -0.2) is 0 Å². The SMILES string of the molecule is CCOc1cc(/C=C(/C#N)C(=O)Nc2cccc(Cl)c2Cl)cc(I)c1OCc1ccc(I)cc1. The van der Waals surface area contributed by atoms with Crippen molar-refractivity contribution in [3.8, 4) is 17.6 Å². The second-order valence-corrected chi connectivity index (χ2v) is 10.1. The van der Waals surface area contributed by atoms with E-state index in [4.69, 9.17) is 32.7 Å². The molecule has 0 unspecified atom stereocenters. The van der Waals surface area contributed by atoms with Crippen LogP contribution in [-0.2, 0) is 11.4 Å².